The molecule has 0 aromatic heterocycles. The van der Waals surface area contributed by atoms with E-state index in [1.807, 2.05) is 32.9 Å². The number of carbonyl (C=O) groups is 1. The molecule has 1 aromatic carbocycles. The van der Waals surface area contributed by atoms with Crippen molar-refractivity contribution in [3.05, 3.63) is 28.8 Å². The first-order valence-electron chi connectivity index (χ1n) is 7.14. The topological polar surface area (TPSA) is 41.1 Å². The third-order valence-electron chi connectivity index (χ3n) is 2.60. The monoisotopic (exact) mass is 334 g/mol. The molecule has 0 saturated carbocycles. The number of anilines is 1. The second kappa shape index (κ2) is 12.9. The Morgan fingerprint density at radius 2 is 2.05 bits per heavy atom. The first-order chi connectivity index (χ1) is 10.1. The number of amides is 1. The number of rotatable bonds is 8. The molecule has 6 heteroatoms. The highest BCUT2D eigenvalue weighted by molar-refractivity contribution is 7.94. The van der Waals surface area contributed by atoms with Crippen LogP contribution in [-0.4, -0.2) is 24.7 Å². The van der Waals surface area contributed by atoms with E-state index in [0.29, 0.717) is 35.2 Å². The number of aryl methyl sites for hydroxylation is 1. The van der Waals surface area contributed by atoms with Gasteiger partial charge in [0.1, 0.15) is 0 Å². The van der Waals surface area contributed by atoms with Crippen molar-refractivity contribution in [1.29, 1.82) is 0 Å². The van der Waals surface area contributed by atoms with E-state index in [1.165, 1.54) is 0 Å². The number of carbonyl (C=O) groups excluding carboxylic acids is 1. The van der Waals surface area contributed by atoms with Crippen LogP contribution in [-0.2, 0) is 4.79 Å². The first kappa shape index (κ1) is 20.2. The summed E-state index contributed by atoms with van der Waals surface area (Å²) in [7, 11) is 0. The Labute approximate surface area is 136 Å². The van der Waals surface area contributed by atoms with Crippen LogP contribution < -0.4 is 10.6 Å². The van der Waals surface area contributed by atoms with Gasteiger partial charge >= 0.3 is 0 Å². The molecule has 1 amide bonds. The summed E-state index contributed by atoms with van der Waals surface area (Å²) < 4.78 is 11.8. The Morgan fingerprint density at radius 1 is 1.33 bits per heavy atom. The van der Waals surface area contributed by atoms with Crippen molar-refractivity contribution in [1.82, 2.24) is 5.32 Å². The zero-order valence-electron chi connectivity index (χ0n) is 12.8. The molecule has 0 heterocycles. The Balaban J connectivity index is 0.00000191. The van der Waals surface area contributed by atoms with Crippen molar-refractivity contribution in [2.45, 2.75) is 33.6 Å². The molecule has 0 bridgehead atoms. The Hall–Kier alpha value is -0.780. The predicted octanol–water partition coefficient (Wildman–Crippen LogP) is 4.60. The molecule has 1 aromatic rings. The van der Waals surface area contributed by atoms with Crippen molar-refractivity contribution < 1.29 is 8.68 Å². The number of nitrogens with one attached hydrogen (secondary N) is 2. The highest BCUT2D eigenvalue weighted by Gasteiger charge is 2.07. The molecule has 0 saturated heterocycles. The van der Waals surface area contributed by atoms with E-state index in [9.17, 15) is 8.68 Å². The van der Waals surface area contributed by atoms with Crippen LogP contribution in [0.5, 0.6) is 0 Å². The van der Waals surface area contributed by atoms with Gasteiger partial charge in [0.15, 0.2) is 0 Å². The molecule has 2 N–H and O–H groups in total. The maximum Gasteiger partial charge on any atom is 0.238 e. The third kappa shape index (κ3) is 8.96. The SMILES string of the molecule is CC.Cc1cccc(Cl)c1NC(=O)CNCCCCSF. The summed E-state index contributed by atoms with van der Waals surface area (Å²) in [6.45, 7) is 6.83. The van der Waals surface area contributed by atoms with E-state index in [1.54, 1.807) is 6.07 Å². The lowest BCUT2D eigenvalue weighted by molar-refractivity contribution is -0.115. The number of para-hydroxylation sites is 1. The maximum atomic E-state index is 11.8. The van der Waals surface area contributed by atoms with Gasteiger partial charge in [-0.05, 0) is 37.9 Å². The standard InChI is InChI=1S/C13H18ClFN2OS.C2H6/c1-10-5-4-6-11(14)13(10)17-12(18)9-16-7-2-3-8-19-15;1-2/h4-6,16H,2-3,7-9H2,1H3,(H,17,18);1-2H3. The molecular weight excluding hydrogens is 311 g/mol. The summed E-state index contributed by atoms with van der Waals surface area (Å²) in [5, 5.41) is 6.33. The molecule has 0 atom stereocenters. The molecule has 0 unspecified atom stereocenters. The van der Waals surface area contributed by atoms with Crippen LogP contribution in [0.2, 0.25) is 5.02 Å². The summed E-state index contributed by atoms with van der Waals surface area (Å²) >= 11 is 6.37. The van der Waals surface area contributed by atoms with Gasteiger partial charge in [0.25, 0.3) is 0 Å². The van der Waals surface area contributed by atoms with E-state index < -0.39 is 0 Å². The number of benzene rings is 1. The van der Waals surface area contributed by atoms with Crippen molar-refractivity contribution in [3.8, 4) is 0 Å². The highest BCUT2D eigenvalue weighted by atomic mass is 35.5. The zero-order valence-corrected chi connectivity index (χ0v) is 14.4. The van der Waals surface area contributed by atoms with Gasteiger partial charge in [-0.15, -0.1) is 0 Å². The Morgan fingerprint density at radius 3 is 2.67 bits per heavy atom. The third-order valence-corrected chi connectivity index (χ3v) is 3.35. The lowest BCUT2D eigenvalue weighted by Gasteiger charge is -2.10. The molecule has 0 aliphatic rings. The van der Waals surface area contributed by atoms with Crippen LogP contribution in [0.3, 0.4) is 0 Å². The molecule has 0 fully saturated rings. The van der Waals surface area contributed by atoms with Crippen molar-refractivity contribution >= 4 is 35.3 Å². The summed E-state index contributed by atoms with van der Waals surface area (Å²) in [6.07, 6.45) is 1.66. The van der Waals surface area contributed by atoms with Gasteiger partial charge < -0.3 is 10.6 Å². The van der Waals surface area contributed by atoms with Crippen LogP contribution in [0.1, 0.15) is 32.3 Å². The van der Waals surface area contributed by atoms with Crippen LogP contribution in [0.15, 0.2) is 18.2 Å². The summed E-state index contributed by atoms with van der Waals surface area (Å²) in [5.41, 5.74) is 1.59. The van der Waals surface area contributed by atoms with E-state index in [2.05, 4.69) is 10.6 Å². The number of unbranched alkanes of at least 4 members (excludes halogenated alkanes) is 1. The molecule has 0 aliphatic heterocycles. The zero-order chi connectivity index (χ0) is 16.1. The minimum absolute atomic E-state index is 0.129. The van der Waals surface area contributed by atoms with Crippen LogP contribution >= 0.6 is 23.7 Å². The molecule has 0 aliphatic carbocycles. The fourth-order valence-electron chi connectivity index (χ4n) is 1.58. The van der Waals surface area contributed by atoms with Gasteiger partial charge in [-0.2, -0.15) is 3.89 Å². The number of hydrogen-bond acceptors (Lipinski definition) is 3. The minimum Gasteiger partial charge on any atom is -0.323 e. The molecular formula is C15H24ClFN2OS. The molecule has 3 nitrogen and oxygen atoms in total. The van der Waals surface area contributed by atoms with E-state index in [-0.39, 0.29) is 12.5 Å². The van der Waals surface area contributed by atoms with Gasteiger partial charge in [0.2, 0.25) is 5.91 Å². The van der Waals surface area contributed by atoms with Gasteiger partial charge in [0, 0.05) is 17.9 Å². The molecule has 21 heavy (non-hydrogen) atoms. The van der Waals surface area contributed by atoms with Crippen molar-refractivity contribution in [2.75, 3.05) is 24.2 Å². The second-order valence-corrected chi connectivity index (χ2v) is 5.21. The van der Waals surface area contributed by atoms with Gasteiger partial charge in [-0.1, -0.05) is 37.6 Å². The van der Waals surface area contributed by atoms with Crippen LogP contribution in [0.25, 0.3) is 0 Å². The van der Waals surface area contributed by atoms with E-state index in [4.69, 9.17) is 11.6 Å². The van der Waals surface area contributed by atoms with E-state index >= 15 is 0 Å². The normalized spacial score (nSPS) is 9.76. The van der Waals surface area contributed by atoms with Crippen LogP contribution in [0.4, 0.5) is 9.57 Å². The largest absolute Gasteiger partial charge is 0.323 e. The minimum atomic E-state index is -0.129. The van der Waals surface area contributed by atoms with E-state index in [0.717, 1.165) is 18.4 Å². The predicted molar refractivity (Wildman–Crippen MR) is 91.8 cm³/mol. The summed E-state index contributed by atoms with van der Waals surface area (Å²) in [5.74, 6) is 0.378. The van der Waals surface area contributed by atoms with Gasteiger partial charge in [-0.3, -0.25) is 4.79 Å². The average molecular weight is 335 g/mol. The summed E-state index contributed by atoms with van der Waals surface area (Å²) in [4.78, 5) is 11.7. The van der Waals surface area contributed by atoms with Crippen molar-refractivity contribution in [2.24, 2.45) is 0 Å². The number of hydrogen-bond donors (Lipinski definition) is 2. The van der Waals surface area contributed by atoms with Crippen molar-refractivity contribution in [3.63, 3.8) is 0 Å². The van der Waals surface area contributed by atoms with Gasteiger partial charge in [0.05, 0.1) is 17.3 Å². The lowest BCUT2D eigenvalue weighted by atomic mass is 10.2. The molecule has 1 rings (SSSR count). The fraction of sp³-hybridized carbons (Fsp3) is 0.533. The first-order valence-corrected chi connectivity index (χ1v) is 8.40. The molecule has 0 radical (unpaired) electrons. The molecule has 120 valence electrons. The van der Waals surface area contributed by atoms with Crippen LogP contribution in [0, 0.1) is 6.92 Å². The molecule has 0 spiro atoms. The Bertz CT molecular complexity index is 398. The maximum absolute atomic E-state index is 11.8. The lowest BCUT2D eigenvalue weighted by Crippen LogP contribution is -2.29. The average Bonchev–Trinajstić information content (AvgIpc) is 2.49. The summed E-state index contributed by atoms with van der Waals surface area (Å²) in [6, 6.07) is 5.48. The second-order valence-electron chi connectivity index (χ2n) is 4.18. The fourth-order valence-corrected chi connectivity index (χ4v) is 2.16. The highest BCUT2D eigenvalue weighted by Crippen LogP contribution is 2.24. The Kier molecular flexibility index (Phi) is 12.4. The van der Waals surface area contributed by atoms with Gasteiger partial charge in [-0.25, -0.2) is 0 Å². The number of halogens is 2. The smallest absolute Gasteiger partial charge is 0.238 e. The quantitative estimate of drug-likeness (QED) is 0.682.